The molecule has 132 valence electrons. The van der Waals surface area contributed by atoms with Crippen molar-refractivity contribution < 1.29 is 19.0 Å². The third-order valence-electron chi connectivity index (χ3n) is 4.17. The molecule has 5 nitrogen and oxygen atoms in total. The number of rotatable bonds is 5. The second-order valence-corrected chi connectivity index (χ2v) is 6.08. The van der Waals surface area contributed by atoms with E-state index in [0.717, 1.165) is 13.1 Å². The number of hydrogen-bond donors (Lipinski definition) is 0. The van der Waals surface area contributed by atoms with Crippen molar-refractivity contribution in [3.8, 4) is 5.75 Å². The Labute approximate surface area is 148 Å². The number of benzene rings is 2. The maximum Gasteiger partial charge on any atom is 0.513 e. The maximum atomic E-state index is 11.7. The van der Waals surface area contributed by atoms with Gasteiger partial charge in [-0.05, 0) is 24.6 Å². The average molecular weight is 341 g/mol. The summed E-state index contributed by atoms with van der Waals surface area (Å²) in [6.07, 6.45) is -0.611. The quantitative estimate of drug-likeness (QED) is 0.614. The highest BCUT2D eigenvalue weighted by Crippen LogP contribution is 2.22. The van der Waals surface area contributed by atoms with Gasteiger partial charge in [-0.1, -0.05) is 48.0 Å². The van der Waals surface area contributed by atoms with Gasteiger partial charge in [-0.15, -0.1) is 0 Å². The topological polar surface area (TPSA) is 48.0 Å². The SMILES string of the molecule is Cc1ccc(C2CN(CCOC(=O)Oc3ccccc3)CCO2)cc1. The van der Waals surface area contributed by atoms with Crippen molar-refractivity contribution in [2.75, 3.05) is 32.8 Å². The van der Waals surface area contributed by atoms with E-state index in [-0.39, 0.29) is 6.10 Å². The van der Waals surface area contributed by atoms with Crippen LogP contribution in [0.5, 0.6) is 5.75 Å². The molecular weight excluding hydrogens is 318 g/mol. The minimum Gasteiger partial charge on any atom is -0.433 e. The number of morpholine rings is 1. The average Bonchev–Trinajstić information content (AvgIpc) is 2.63. The molecule has 1 aliphatic rings. The fraction of sp³-hybridized carbons (Fsp3) is 0.350. The van der Waals surface area contributed by atoms with Gasteiger partial charge < -0.3 is 14.2 Å². The maximum absolute atomic E-state index is 11.7. The van der Waals surface area contributed by atoms with Crippen LogP contribution < -0.4 is 4.74 Å². The Bertz CT molecular complexity index is 672. The Balaban J connectivity index is 1.42. The fourth-order valence-corrected chi connectivity index (χ4v) is 2.76. The zero-order valence-electron chi connectivity index (χ0n) is 14.4. The Morgan fingerprint density at radius 2 is 1.92 bits per heavy atom. The van der Waals surface area contributed by atoms with E-state index in [0.29, 0.717) is 25.5 Å². The van der Waals surface area contributed by atoms with Crippen LogP contribution in [0.4, 0.5) is 4.79 Å². The lowest BCUT2D eigenvalue weighted by Crippen LogP contribution is -2.40. The van der Waals surface area contributed by atoms with Gasteiger partial charge in [-0.25, -0.2) is 4.79 Å². The first-order valence-electron chi connectivity index (χ1n) is 8.51. The Hall–Kier alpha value is -2.37. The van der Waals surface area contributed by atoms with Crippen LogP contribution in [0.3, 0.4) is 0 Å². The predicted molar refractivity (Wildman–Crippen MR) is 94.7 cm³/mol. The molecule has 0 amide bonds. The van der Waals surface area contributed by atoms with Crippen molar-refractivity contribution >= 4 is 6.16 Å². The van der Waals surface area contributed by atoms with E-state index in [4.69, 9.17) is 14.2 Å². The number of para-hydroxylation sites is 1. The van der Waals surface area contributed by atoms with Crippen LogP contribution >= 0.6 is 0 Å². The van der Waals surface area contributed by atoms with Crippen molar-refractivity contribution in [2.45, 2.75) is 13.0 Å². The molecular formula is C20H23NO4. The number of carbonyl (C=O) groups excluding carboxylic acids is 1. The van der Waals surface area contributed by atoms with E-state index in [2.05, 4.69) is 36.1 Å². The monoisotopic (exact) mass is 341 g/mol. The summed E-state index contributed by atoms with van der Waals surface area (Å²) in [4.78, 5) is 13.9. The number of ether oxygens (including phenoxy) is 3. The van der Waals surface area contributed by atoms with E-state index < -0.39 is 6.16 Å². The Morgan fingerprint density at radius 3 is 2.68 bits per heavy atom. The molecule has 2 aromatic rings. The minimum absolute atomic E-state index is 0.0608. The lowest BCUT2D eigenvalue weighted by atomic mass is 10.1. The number of hydrogen-bond acceptors (Lipinski definition) is 5. The van der Waals surface area contributed by atoms with Crippen LogP contribution in [0.1, 0.15) is 17.2 Å². The summed E-state index contributed by atoms with van der Waals surface area (Å²) in [5.41, 5.74) is 2.42. The first kappa shape index (κ1) is 17.5. The molecule has 1 fully saturated rings. The molecule has 0 spiro atoms. The van der Waals surface area contributed by atoms with Gasteiger partial charge in [0.1, 0.15) is 12.4 Å². The molecule has 1 unspecified atom stereocenters. The largest absolute Gasteiger partial charge is 0.513 e. The summed E-state index contributed by atoms with van der Waals surface area (Å²) in [6, 6.07) is 17.3. The normalized spacial score (nSPS) is 17.9. The lowest BCUT2D eigenvalue weighted by molar-refractivity contribution is -0.0355. The van der Waals surface area contributed by atoms with Crippen molar-refractivity contribution in [1.29, 1.82) is 0 Å². The van der Waals surface area contributed by atoms with E-state index in [1.165, 1.54) is 11.1 Å². The van der Waals surface area contributed by atoms with Gasteiger partial charge in [-0.2, -0.15) is 0 Å². The zero-order chi connectivity index (χ0) is 17.5. The third kappa shape index (κ3) is 5.31. The third-order valence-corrected chi connectivity index (χ3v) is 4.17. The van der Waals surface area contributed by atoms with E-state index in [1.54, 1.807) is 12.1 Å². The van der Waals surface area contributed by atoms with Gasteiger partial charge in [0.05, 0.1) is 12.7 Å². The van der Waals surface area contributed by atoms with Gasteiger partial charge >= 0.3 is 6.16 Å². The second-order valence-electron chi connectivity index (χ2n) is 6.08. The first-order chi connectivity index (χ1) is 12.2. The standard InChI is InChI=1S/C20H23NO4/c1-16-7-9-17(10-8-16)19-15-21(11-13-23-19)12-14-24-20(22)25-18-5-3-2-4-6-18/h2-10,19H,11-15H2,1H3. The molecule has 0 bridgehead atoms. The second kappa shape index (κ2) is 8.65. The van der Waals surface area contributed by atoms with E-state index in [9.17, 15) is 4.79 Å². The van der Waals surface area contributed by atoms with Gasteiger partial charge in [-0.3, -0.25) is 4.90 Å². The highest BCUT2D eigenvalue weighted by atomic mass is 16.7. The molecule has 25 heavy (non-hydrogen) atoms. The summed E-state index contributed by atoms with van der Waals surface area (Å²) >= 11 is 0. The molecule has 0 saturated carbocycles. The number of aryl methyl sites for hydroxylation is 1. The highest BCUT2D eigenvalue weighted by Gasteiger charge is 2.22. The van der Waals surface area contributed by atoms with Crippen molar-refractivity contribution in [3.05, 3.63) is 65.7 Å². The molecule has 1 heterocycles. The Kier molecular flexibility index (Phi) is 6.04. The molecule has 3 rings (SSSR count). The molecule has 1 saturated heterocycles. The molecule has 0 aliphatic carbocycles. The van der Waals surface area contributed by atoms with E-state index in [1.807, 2.05) is 18.2 Å². The smallest absolute Gasteiger partial charge is 0.433 e. The molecule has 2 aromatic carbocycles. The van der Waals surface area contributed by atoms with Crippen LogP contribution in [0.25, 0.3) is 0 Å². The van der Waals surface area contributed by atoms with Crippen molar-refractivity contribution in [3.63, 3.8) is 0 Å². The highest BCUT2D eigenvalue weighted by molar-refractivity contribution is 5.63. The summed E-state index contributed by atoms with van der Waals surface area (Å²) in [6.45, 7) is 5.33. The first-order valence-corrected chi connectivity index (χ1v) is 8.51. The van der Waals surface area contributed by atoms with Gasteiger partial charge in [0.25, 0.3) is 0 Å². The molecule has 0 aromatic heterocycles. The van der Waals surface area contributed by atoms with Crippen LogP contribution in [-0.4, -0.2) is 43.9 Å². The molecule has 0 N–H and O–H groups in total. The van der Waals surface area contributed by atoms with E-state index >= 15 is 0 Å². The summed E-state index contributed by atoms with van der Waals surface area (Å²) in [5, 5.41) is 0. The zero-order valence-corrected chi connectivity index (χ0v) is 14.4. The van der Waals surface area contributed by atoms with Crippen molar-refractivity contribution in [2.24, 2.45) is 0 Å². The number of nitrogens with zero attached hydrogens (tertiary/aromatic N) is 1. The lowest BCUT2D eigenvalue weighted by Gasteiger charge is -2.32. The van der Waals surface area contributed by atoms with Crippen molar-refractivity contribution in [1.82, 2.24) is 4.90 Å². The van der Waals surface area contributed by atoms with Gasteiger partial charge in [0, 0.05) is 19.6 Å². The minimum atomic E-state index is -0.672. The van der Waals surface area contributed by atoms with Crippen LogP contribution in [0, 0.1) is 6.92 Å². The number of carbonyl (C=O) groups is 1. The molecule has 5 heteroatoms. The summed E-state index contributed by atoms with van der Waals surface area (Å²) in [7, 11) is 0. The van der Waals surface area contributed by atoms with Crippen LogP contribution in [0.2, 0.25) is 0 Å². The summed E-state index contributed by atoms with van der Waals surface area (Å²) in [5.74, 6) is 0.485. The predicted octanol–water partition coefficient (Wildman–Crippen LogP) is 3.58. The summed E-state index contributed by atoms with van der Waals surface area (Å²) < 4.78 is 16.1. The fourth-order valence-electron chi connectivity index (χ4n) is 2.76. The van der Waals surface area contributed by atoms with Gasteiger partial charge in [0.15, 0.2) is 0 Å². The van der Waals surface area contributed by atoms with Gasteiger partial charge in [0.2, 0.25) is 0 Å². The molecule has 0 radical (unpaired) electrons. The molecule has 1 atom stereocenters. The molecule has 1 aliphatic heterocycles. The van der Waals surface area contributed by atoms with Crippen LogP contribution in [0.15, 0.2) is 54.6 Å². The van der Waals surface area contributed by atoms with Crippen LogP contribution in [-0.2, 0) is 9.47 Å². The Morgan fingerprint density at radius 1 is 1.16 bits per heavy atom.